The lowest BCUT2D eigenvalue weighted by Crippen LogP contribution is -2.48. The molecular formula is C21H24N4O2. The largest absolute Gasteiger partial charge is 0.366 e. The van der Waals surface area contributed by atoms with Crippen LogP contribution in [0.25, 0.3) is 11.0 Å². The van der Waals surface area contributed by atoms with Crippen LogP contribution in [0.1, 0.15) is 35.9 Å². The predicted molar refractivity (Wildman–Crippen MR) is 103 cm³/mol. The number of hydrogen-bond acceptors (Lipinski definition) is 4. The minimum absolute atomic E-state index is 0.00120. The number of fused-ring (bicyclic) bond motifs is 1. The summed E-state index contributed by atoms with van der Waals surface area (Å²) in [5.41, 5.74) is 3.33. The molecule has 3 heterocycles. The fourth-order valence-electron chi connectivity index (χ4n) is 3.50. The first-order valence-corrected chi connectivity index (χ1v) is 9.30. The second-order valence-electron chi connectivity index (χ2n) is 7.42. The third-order valence-electron chi connectivity index (χ3n) is 5.17. The van der Waals surface area contributed by atoms with Crippen LogP contribution in [0.2, 0.25) is 0 Å². The number of ether oxygens (including phenoxy) is 1. The van der Waals surface area contributed by atoms with Gasteiger partial charge in [-0.05, 0) is 17.5 Å². The average Bonchev–Trinajstić information content (AvgIpc) is 3.08. The van der Waals surface area contributed by atoms with Gasteiger partial charge in [0.1, 0.15) is 11.6 Å². The molecule has 1 aliphatic heterocycles. The van der Waals surface area contributed by atoms with Gasteiger partial charge < -0.3 is 9.64 Å². The number of pyridine rings is 1. The lowest BCUT2D eigenvalue weighted by atomic mass is 10.0. The molecule has 27 heavy (non-hydrogen) atoms. The predicted octanol–water partition coefficient (Wildman–Crippen LogP) is 3.21. The summed E-state index contributed by atoms with van der Waals surface area (Å²) in [5, 5.41) is 4.20. The molecule has 3 aromatic rings. The molecule has 6 heteroatoms. The van der Waals surface area contributed by atoms with Crippen molar-refractivity contribution in [1.82, 2.24) is 19.7 Å². The molecule has 1 amide bonds. The van der Waals surface area contributed by atoms with E-state index in [-0.39, 0.29) is 18.1 Å². The Morgan fingerprint density at radius 2 is 1.96 bits per heavy atom. The van der Waals surface area contributed by atoms with Crippen molar-refractivity contribution in [2.75, 3.05) is 13.1 Å². The van der Waals surface area contributed by atoms with Gasteiger partial charge in [-0.2, -0.15) is 5.10 Å². The summed E-state index contributed by atoms with van der Waals surface area (Å²) < 4.78 is 8.04. The molecule has 1 aliphatic rings. The molecule has 0 bridgehead atoms. The zero-order valence-corrected chi connectivity index (χ0v) is 15.9. The van der Waals surface area contributed by atoms with Crippen LogP contribution < -0.4 is 0 Å². The molecule has 0 radical (unpaired) electrons. The van der Waals surface area contributed by atoms with E-state index in [1.54, 1.807) is 17.1 Å². The molecule has 0 unspecified atom stereocenters. The minimum Gasteiger partial charge on any atom is -0.366 e. The first kappa shape index (κ1) is 17.7. The van der Waals surface area contributed by atoms with Crippen molar-refractivity contribution in [3.63, 3.8) is 0 Å². The van der Waals surface area contributed by atoms with E-state index in [2.05, 4.69) is 36.1 Å². The van der Waals surface area contributed by atoms with E-state index in [1.807, 2.05) is 36.2 Å². The Labute approximate surface area is 158 Å². The van der Waals surface area contributed by atoms with Crippen LogP contribution in [0.15, 0.2) is 48.8 Å². The summed E-state index contributed by atoms with van der Waals surface area (Å²) in [4.78, 5) is 19.5. The number of nitrogens with zero attached hydrogens (tertiary/aromatic N) is 4. The van der Waals surface area contributed by atoms with Gasteiger partial charge in [0.05, 0.1) is 29.9 Å². The first-order valence-electron chi connectivity index (χ1n) is 9.30. The van der Waals surface area contributed by atoms with Crippen molar-refractivity contribution in [3.8, 4) is 0 Å². The third-order valence-corrected chi connectivity index (χ3v) is 5.17. The third kappa shape index (κ3) is 3.45. The second kappa shape index (κ2) is 7.12. The summed E-state index contributed by atoms with van der Waals surface area (Å²) in [7, 11) is 1.85. The topological polar surface area (TPSA) is 60.2 Å². The van der Waals surface area contributed by atoms with Crippen LogP contribution in [0.3, 0.4) is 0 Å². The van der Waals surface area contributed by atoms with E-state index in [4.69, 9.17) is 4.74 Å². The number of carbonyl (C=O) groups excluding carboxylic acids is 1. The molecule has 6 nitrogen and oxygen atoms in total. The number of amides is 1. The Bertz CT molecular complexity index is 951. The number of aromatic nitrogens is 3. The van der Waals surface area contributed by atoms with Crippen molar-refractivity contribution < 1.29 is 9.53 Å². The number of benzene rings is 1. The van der Waals surface area contributed by atoms with Crippen LogP contribution in [0.5, 0.6) is 0 Å². The molecule has 0 saturated carbocycles. The number of aryl methyl sites for hydroxylation is 1. The van der Waals surface area contributed by atoms with Gasteiger partial charge in [-0.1, -0.05) is 44.2 Å². The fourth-order valence-corrected chi connectivity index (χ4v) is 3.50. The molecule has 2 atom stereocenters. The van der Waals surface area contributed by atoms with E-state index < -0.39 is 0 Å². The maximum atomic E-state index is 13.2. The van der Waals surface area contributed by atoms with E-state index in [9.17, 15) is 4.79 Å². The maximum absolute atomic E-state index is 13.2. The van der Waals surface area contributed by atoms with Crippen LogP contribution in [0, 0.1) is 5.92 Å². The molecule has 4 rings (SSSR count). The van der Waals surface area contributed by atoms with E-state index in [1.165, 1.54) is 0 Å². The zero-order chi connectivity index (χ0) is 19.0. The van der Waals surface area contributed by atoms with Crippen molar-refractivity contribution in [2.24, 2.45) is 13.0 Å². The highest BCUT2D eigenvalue weighted by Crippen LogP contribution is 2.29. The summed E-state index contributed by atoms with van der Waals surface area (Å²) in [6.07, 6.45) is 3.23. The Morgan fingerprint density at radius 1 is 1.19 bits per heavy atom. The van der Waals surface area contributed by atoms with Gasteiger partial charge >= 0.3 is 0 Å². The molecule has 1 aromatic carbocycles. The number of hydrogen-bond donors (Lipinski definition) is 0. The van der Waals surface area contributed by atoms with Crippen molar-refractivity contribution in [1.29, 1.82) is 0 Å². The Hall–Kier alpha value is -2.73. The van der Waals surface area contributed by atoms with E-state index in [0.29, 0.717) is 24.6 Å². The van der Waals surface area contributed by atoms with Gasteiger partial charge in [0.25, 0.3) is 5.91 Å². The SMILES string of the molecule is CC(C)[C@H]1CN(C(=O)c2cnc3cnn(C)c3c2)C[C@@H](c2ccccc2)O1. The molecule has 2 aromatic heterocycles. The Morgan fingerprint density at radius 3 is 2.70 bits per heavy atom. The highest BCUT2D eigenvalue weighted by atomic mass is 16.5. The van der Waals surface area contributed by atoms with Gasteiger partial charge in [-0.25, -0.2) is 0 Å². The molecule has 1 fully saturated rings. The van der Waals surface area contributed by atoms with E-state index >= 15 is 0 Å². The van der Waals surface area contributed by atoms with Gasteiger partial charge in [0.15, 0.2) is 0 Å². The van der Waals surface area contributed by atoms with E-state index in [0.717, 1.165) is 16.6 Å². The molecule has 140 valence electrons. The van der Waals surface area contributed by atoms with Crippen molar-refractivity contribution >= 4 is 16.9 Å². The first-order chi connectivity index (χ1) is 13.0. The Kier molecular flexibility index (Phi) is 4.66. The summed E-state index contributed by atoms with van der Waals surface area (Å²) in [5.74, 6) is 0.310. The normalized spacial score (nSPS) is 20.4. The Balaban J connectivity index is 1.63. The highest BCUT2D eigenvalue weighted by Gasteiger charge is 2.33. The monoisotopic (exact) mass is 364 g/mol. The number of rotatable bonds is 3. The van der Waals surface area contributed by atoms with Gasteiger partial charge in [-0.15, -0.1) is 0 Å². The molecule has 0 spiro atoms. The quantitative estimate of drug-likeness (QED) is 0.716. The zero-order valence-electron chi connectivity index (χ0n) is 15.9. The molecule has 1 saturated heterocycles. The van der Waals surface area contributed by atoms with Crippen molar-refractivity contribution in [2.45, 2.75) is 26.1 Å². The van der Waals surface area contributed by atoms with Crippen LogP contribution >= 0.6 is 0 Å². The smallest absolute Gasteiger partial charge is 0.255 e. The van der Waals surface area contributed by atoms with Crippen LogP contribution in [0.4, 0.5) is 0 Å². The highest BCUT2D eigenvalue weighted by molar-refractivity contribution is 5.96. The minimum atomic E-state index is -0.121. The molecule has 0 N–H and O–H groups in total. The maximum Gasteiger partial charge on any atom is 0.255 e. The second-order valence-corrected chi connectivity index (χ2v) is 7.42. The summed E-state index contributed by atoms with van der Waals surface area (Å²) >= 11 is 0. The van der Waals surface area contributed by atoms with Gasteiger partial charge in [0, 0.05) is 19.8 Å². The fraction of sp³-hybridized carbons (Fsp3) is 0.381. The van der Waals surface area contributed by atoms with Crippen molar-refractivity contribution in [3.05, 3.63) is 59.9 Å². The summed E-state index contributed by atoms with van der Waals surface area (Å²) in [6.45, 7) is 5.38. The lowest BCUT2D eigenvalue weighted by Gasteiger charge is -2.40. The van der Waals surface area contributed by atoms with Crippen LogP contribution in [-0.2, 0) is 11.8 Å². The molecular weight excluding hydrogens is 340 g/mol. The lowest BCUT2D eigenvalue weighted by molar-refractivity contribution is -0.0954. The van der Waals surface area contributed by atoms with Gasteiger partial charge in [0.2, 0.25) is 0 Å². The number of carbonyl (C=O) groups is 1. The molecule has 0 aliphatic carbocycles. The standard InChI is InChI=1S/C21H24N4O2/c1-14(2)19-12-25(13-20(27-19)15-7-5-4-6-8-15)21(26)16-9-18-17(22-10-16)11-23-24(18)3/h4-11,14,19-20H,12-13H2,1-3H3/t19-,20+/m1/s1. The van der Waals surface area contributed by atoms with Crippen LogP contribution in [-0.4, -0.2) is 44.8 Å². The average molecular weight is 364 g/mol. The summed E-state index contributed by atoms with van der Waals surface area (Å²) in [6, 6.07) is 12.0. The van der Waals surface area contributed by atoms with Gasteiger partial charge in [-0.3, -0.25) is 14.5 Å². The number of morpholine rings is 1.